The quantitative estimate of drug-likeness (QED) is 0.738. The van der Waals surface area contributed by atoms with Gasteiger partial charge in [0.25, 0.3) is 10.0 Å². The molecule has 0 bridgehead atoms. The molecule has 23 heavy (non-hydrogen) atoms. The van der Waals surface area contributed by atoms with Crippen LogP contribution in [0.1, 0.15) is 5.56 Å². The molecule has 2 aromatic carbocycles. The third-order valence-corrected chi connectivity index (χ3v) is 5.12. The van der Waals surface area contributed by atoms with Crippen LogP contribution in [-0.4, -0.2) is 8.42 Å². The SMILES string of the molecule is O=S(=O)(Nc1ccc(Cl)cc1Cl)c1cc(C(F)(F)F)ccc1Cl. The standard InChI is InChI=1S/C13H7Cl3F3NO2S/c14-8-2-4-11(10(16)6-8)20-23(21,22)12-5-7(13(17,18)19)1-3-9(12)15/h1-6,20H. The maximum atomic E-state index is 12.7. The highest BCUT2D eigenvalue weighted by molar-refractivity contribution is 7.92. The number of rotatable bonds is 3. The topological polar surface area (TPSA) is 46.2 Å². The fourth-order valence-electron chi connectivity index (χ4n) is 1.66. The molecule has 0 aromatic heterocycles. The zero-order valence-corrected chi connectivity index (χ0v) is 14.0. The largest absolute Gasteiger partial charge is 0.416 e. The summed E-state index contributed by atoms with van der Waals surface area (Å²) in [6.07, 6.45) is -4.70. The minimum Gasteiger partial charge on any atom is -0.278 e. The van der Waals surface area contributed by atoms with Crippen molar-refractivity contribution in [1.82, 2.24) is 0 Å². The van der Waals surface area contributed by atoms with E-state index in [1.165, 1.54) is 18.2 Å². The third kappa shape index (κ3) is 4.23. The smallest absolute Gasteiger partial charge is 0.278 e. The van der Waals surface area contributed by atoms with E-state index in [1.54, 1.807) is 0 Å². The van der Waals surface area contributed by atoms with E-state index in [2.05, 4.69) is 4.72 Å². The Morgan fingerprint density at radius 2 is 1.57 bits per heavy atom. The second kappa shape index (κ2) is 6.39. The molecule has 0 aliphatic heterocycles. The molecule has 2 aromatic rings. The van der Waals surface area contributed by atoms with Gasteiger partial charge in [-0.15, -0.1) is 0 Å². The van der Waals surface area contributed by atoms with E-state index in [-0.39, 0.29) is 20.8 Å². The highest BCUT2D eigenvalue weighted by Crippen LogP contribution is 2.34. The second-order valence-corrected chi connectivity index (χ2v) is 7.27. The summed E-state index contributed by atoms with van der Waals surface area (Å²) in [6, 6.07) is 5.95. The molecule has 0 saturated carbocycles. The van der Waals surface area contributed by atoms with Gasteiger partial charge in [-0.1, -0.05) is 34.8 Å². The summed E-state index contributed by atoms with van der Waals surface area (Å²) in [5.74, 6) is 0. The predicted molar refractivity (Wildman–Crippen MR) is 83.7 cm³/mol. The third-order valence-electron chi connectivity index (χ3n) is 2.72. The lowest BCUT2D eigenvalue weighted by Gasteiger charge is -2.13. The molecule has 0 aliphatic rings. The predicted octanol–water partition coefficient (Wildman–Crippen LogP) is 5.47. The summed E-state index contributed by atoms with van der Waals surface area (Å²) < 4.78 is 64.8. The Hall–Kier alpha value is -1.15. The van der Waals surface area contributed by atoms with Crippen molar-refractivity contribution < 1.29 is 21.6 Å². The van der Waals surface area contributed by atoms with Crippen molar-refractivity contribution in [3.8, 4) is 0 Å². The number of alkyl halides is 3. The number of halogens is 6. The van der Waals surface area contributed by atoms with Crippen molar-refractivity contribution in [2.45, 2.75) is 11.1 Å². The van der Waals surface area contributed by atoms with Gasteiger partial charge in [0, 0.05) is 5.02 Å². The van der Waals surface area contributed by atoms with Crippen molar-refractivity contribution >= 4 is 50.5 Å². The number of hydrogen-bond donors (Lipinski definition) is 1. The maximum Gasteiger partial charge on any atom is 0.416 e. The Bertz CT molecular complexity index is 854. The molecular formula is C13H7Cl3F3NO2S. The molecule has 2 rings (SSSR count). The van der Waals surface area contributed by atoms with Crippen LogP contribution in [0.2, 0.25) is 15.1 Å². The molecule has 0 atom stereocenters. The van der Waals surface area contributed by atoms with E-state index in [1.807, 2.05) is 0 Å². The van der Waals surface area contributed by atoms with Crippen molar-refractivity contribution in [3.63, 3.8) is 0 Å². The molecule has 1 N–H and O–H groups in total. The molecule has 124 valence electrons. The van der Waals surface area contributed by atoms with Gasteiger partial charge in [-0.25, -0.2) is 8.42 Å². The Balaban J connectivity index is 2.47. The van der Waals surface area contributed by atoms with Crippen LogP contribution in [0.4, 0.5) is 18.9 Å². The van der Waals surface area contributed by atoms with E-state index in [0.29, 0.717) is 12.1 Å². The molecule has 0 heterocycles. The zero-order valence-electron chi connectivity index (χ0n) is 11.0. The van der Waals surface area contributed by atoms with Gasteiger partial charge in [0.1, 0.15) is 4.90 Å². The van der Waals surface area contributed by atoms with Crippen molar-refractivity contribution in [2.24, 2.45) is 0 Å². The fourth-order valence-corrected chi connectivity index (χ4v) is 3.78. The number of sulfonamides is 1. The average molecular weight is 405 g/mol. The summed E-state index contributed by atoms with van der Waals surface area (Å²) in [5, 5.41) is -0.0881. The molecule has 0 fully saturated rings. The van der Waals surface area contributed by atoms with Crippen LogP contribution >= 0.6 is 34.8 Å². The number of anilines is 1. The highest BCUT2D eigenvalue weighted by atomic mass is 35.5. The number of nitrogens with one attached hydrogen (secondary N) is 1. The maximum absolute atomic E-state index is 12.7. The van der Waals surface area contributed by atoms with Crippen LogP contribution in [0.5, 0.6) is 0 Å². The Morgan fingerprint density at radius 3 is 2.13 bits per heavy atom. The van der Waals surface area contributed by atoms with Gasteiger partial charge in [-0.2, -0.15) is 13.2 Å². The first-order valence-corrected chi connectivity index (χ1v) is 8.47. The van der Waals surface area contributed by atoms with Crippen LogP contribution in [-0.2, 0) is 16.2 Å². The van der Waals surface area contributed by atoms with E-state index in [4.69, 9.17) is 34.8 Å². The zero-order chi connectivity index (χ0) is 17.4. The average Bonchev–Trinajstić information content (AvgIpc) is 2.41. The summed E-state index contributed by atoms with van der Waals surface area (Å²) in [5.41, 5.74) is -1.17. The van der Waals surface area contributed by atoms with Crippen molar-refractivity contribution in [3.05, 3.63) is 57.0 Å². The fraction of sp³-hybridized carbons (Fsp3) is 0.0769. The molecule has 0 spiro atoms. The summed E-state index contributed by atoms with van der Waals surface area (Å²) in [7, 11) is -4.37. The van der Waals surface area contributed by atoms with Gasteiger partial charge in [0.05, 0.1) is 21.3 Å². The highest BCUT2D eigenvalue weighted by Gasteiger charge is 2.32. The van der Waals surface area contributed by atoms with E-state index < -0.39 is 26.7 Å². The Morgan fingerprint density at radius 1 is 0.913 bits per heavy atom. The molecule has 0 aliphatic carbocycles. The molecule has 3 nitrogen and oxygen atoms in total. The molecular weight excluding hydrogens is 398 g/mol. The Kier molecular flexibility index (Phi) is 5.06. The van der Waals surface area contributed by atoms with Crippen molar-refractivity contribution in [2.75, 3.05) is 4.72 Å². The van der Waals surface area contributed by atoms with Crippen LogP contribution in [0, 0.1) is 0 Å². The lowest BCUT2D eigenvalue weighted by Crippen LogP contribution is -2.15. The van der Waals surface area contributed by atoms with Gasteiger partial charge < -0.3 is 0 Å². The summed E-state index contributed by atoms with van der Waals surface area (Å²) in [6.45, 7) is 0. The lowest BCUT2D eigenvalue weighted by atomic mass is 10.2. The lowest BCUT2D eigenvalue weighted by molar-refractivity contribution is -0.137. The molecule has 0 radical (unpaired) electrons. The summed E-state index contributed by atoms with van der Waals surface area (Å²) >= 11 is 17.3. The second-order valence-electron chi connectivity index (χ2n) is 4.37. The van der Waals surface area contributed by atoms with E-state index in [9.17, 15) is 21.6 Å². The first-order valence-electron chi connectivity index (χ1n) is 5.85. The molecule has 0 saturated heterocycles. The van der Waals surface area contributed by atoms with Gasteiger partial charge in [0.15, 0.2) is 0 Å². The van der Waals surface area contributed by atoms with Gasteiger partial charge in [-0.3, -0.25) is 4.72 Å². The first kappa shape index (κ1) is 18.2. The minimum absolute atomic E-state index is 0.0100. The van der Waals surface area contributed by atoms with Crippen molar-refractivity contribution in [1.29, 1.82) is 0 Å². The monoisotopic (exact) mass is 403 g/mol. The Labute approximate surface area is 145 Å². The van der Waals surface area contributed by atoms with Gasteiger partial charge in [-0.05, 0) is 36.4 Å². The van der Waals surface area contributed by atoms with Crippen LogP contribution in [0.3, 0.4) is 0 Å². The number of benzene rings is 2. The molecule has 0 amide bonds. The molecule has 10 heteroatoms. The van der Waals surface area contributed by atoms with Crippen LogP contribution in [0.15, 0.2) is 41.3 Å². The summed E-state index contributed by atoms with van der Waals surface area (Å²) in [4.78, 5) is -0.708. The van der Waals surface area contributed by atoms with E-state index >= 15 is 0 Å². The van der Waals surface area contributed by atoms with E-state index in [0.717, 1.165) is 6.07 Å². The normalized spacial score (nSPS) is 12.3. The van der Waals surface area contributed by atoms with Crippen LogP contribution < -0.4 is 4.72 Å². The molecule has 0 unspecified atom stereocenters. The number of hydrogen-bond acceptors (Lipinski definition) is 2. The van der Waals surface area contributed by atoms with Gasteiger partial charge >= 0.3 is 6.18 Å². The van der Waals surface area contributed by atoms with Crippen LogP contribution in [0.25, 0.3) is 0 Å². The first-order chi connectivity index (χ1) is 10.5. The minimum atomic E-state index is -4.70. The van der Waals surface area contributed by atoms with Gasteiger partial charge in [0.2, 0.25) is 0 Å².